The van der Waals surface area contributed by atoms with E-state index in [0.717, 1.165) is 22.4 Å². The normalized spacial score (nSPS) is 9.47. The third kappa shape index (κ3) is 5.04. The van der Waals surface area contributed by atoms with Gasteiger partial charge in [0.05, 0.1) is 39.6 Å². The van der Waals surface area contributed by atoms with Crippen LogP contribution in [-0.4, -0.2) is 33.4 Å². The van der Waals surface area contributed by atoms with Crippen LogP contribution in [0.4, 0.5) is 0 Å². The highest BCUT2D eigenvalue weighted by atomic mass is 16.5. The molecule has 0 aliphatic rings. The fourth-order valence-electron chi connectivity index (χ4n) is 2.64. The highest BCUT2D eigenvalue weighted by Crippen LogP contribution is 2.24. The SMILES string of the molecule is COc1ccc(OC)c(C#Cc2ccc(C#Cc3cc(OC)ccc3OC)nc2)c1. The molecule has 0 unspecified atom stereocenters. The summed E-state index contributed by atoms with van der Waals surface area (Å²) in [5.74, 6) is 15.1. The fourth-order valence-corrected chi connectivity index (χ4v) is 2.64. The molecule has 3 aromatic rings. The molecule has 3 rings (SSSR count). The van der Waals surface area contributed by atoms with Crippen LogP contribution in [0.25, 0.3) is 0 Å². The Morgan fingerprint density at radius 3 is 1.63 bits per heavy atom. The Kier molecular flexibility index (Phi) is 6.82. The first-order chi connectivity index (χ1) is 14.7. The third-order valence-electron chi connectivity index (χ3n) is 4.24. The van der Waals surface area contributed by atoms with Crippen molar-refractivity contribution in [2.75, 3.05) is 28.4 Å². The zero-order valence-electron chi connectivity index (χ0n) is 17.3. The van der Waals surface area contributed by atoms with Crippen LogP contribution in [0.3, 0.4) is 0 Å². The predicted octanol–water partition coefficient (Wildman–Crippen LogP) is 3.92. The molecule has 150 valence electrons. The Morgan fingerprint density at radius 2 is 1.17 bits per heavy atom. The summed E-state index contributed by atoms with van der Waals surface area (Å²) < 4.78 is 21.2. The van der Waals surface area contributed by atoms with Crippen LogP contribution >= 0.6 is 0 Å². The van der Waals surface area contributed by atoms with Gasteiger partial charge in [0.15, 0.2) is 0 Å². The van der Waals surface area contributed by atoms with Crippen LogP contribution in [0.5, 0.6) is 23.0 Å². The van der Waals surface area contributed by atoms with Gasteiger partial charge in [-0.3, -0.25) is 0 Å². The Balaban J connectivity index is 1.82. The summed E-state index contributed by atoms with van der Waals surface area (Å²) in [4.78, 5) is 4.38. The van der Waals surface area contributed by atoms with Gasteiger partial charge >= 0.3 is 0 Å². The van der Waals surface area contributed by atoms with E-state index in [1.165, 1.54) is 0 Å². The lowest BCUT2D eigenvalue weighted by Gasteiger charge is -2.05. The summed E-state index contributed by atoms with van der Waals surface area (Å²) in [6, 6.07) is 14.7. The van der Waals surface area contributed by atoms with Crippen molar-refractivity contribution in [1.82, 2.24) is 4.98 Å². The summed E-state index contributed by atoms with van der Waals surface area (Å²) in [5.41, 5.74) is 2.87. The summed E-state index contributed by atoms with van der Waals surface area (Å²) in [6.07, 6.45) is 1.69. The van der Waals surface area contributed by atoms with Crippen LogP contribution in [0.2, 0.25) is 0 Å². The molecule has 0 saturated heterocycles. The van der Waals surface area contributed by atoms with Gasteiger partial charge in [0.25, 0.3) is 0 Å². The lowest BCUT2D eigenvalue weighted by atomic mass is 10.1. The van der Waals surface area contributed by atoms with E-state index < -0.39 is 0 Å². The number of ether oxygens (including phenoxy) is 4. The molecule has 30 heavy (non-hydrogen) atoms. The Morgan fingerprint density at radius 1 is 0.600 bits per heavy atom. The van der Waals surface area contributed by atoms with Gasteiger partial charge in [0, 0.05) is 11.8 Å². The average molecular weight is 399 g/mol. The molecule has 1 heterocycles. The largest absolute Gasteiger partial charge is 0.497 e. The average Bonchev–Trinajstić information content (AvgIpc) is 2.81. The maximum absolute atomic E-state index is 5.35. The van der Waals surface area contributed by atoms with E-state index in [0.29, 0.717) is 22.9 Å². The summed E-state index contributed by atoms with van der Waals surface area (Å²) in [7, 11) is 6.45. The fraction of sp³-hybridized carbons (Fsp3) is 0.160. The van der Waals surface area contributed by atoms with Crippen molar-refractivity contribution in [3.05, 3.63) is 77.1 Å². The van der Waals surface area contributed by atoms with Gasteiger partial charge in [0.1, 0.15) is 28.7 Å². The second-order valence-electron chi connectivity index (χ2n) is 6.06. The van der Waals surface area contributed by atoms with Crippen LogP contribution in [0.1, 0.15) is 22.4 Å². The van der Waals surface area contributed by atoms with E-state index in [1.807, 2.05) is 48.5 Å². The molecule has 0 amide bonds. The Hall–Kier alpha value is -4.09. The highest BCUT2D eigenvalue weighted by Gasteiger charge is 2.03. The van der Waals surface area contributed by atoms with Gasteiger partial charge in [-0.1, -0.05) is 17.8 Å². The van der Waals surface area contributed by atoms with Gasteiger partial charge in [-0.25, -0.2) is 4.98 Å². The number of benzene rings is 2. The molecule has 0 spiro atoms. The van der Waals surface area contributed by atoms with Gasteiger partial charge in [0.2, 0.25) is 0 Å². The zero-order chi connectivity index (χ0) is 21.3. The van der Waals surface area contributed by atoms with Crippen LogP contribution in [0, 0.1) is 23.7 Å². The third-order valence-corrected chi connectivity index (χ3v) is 4.24. The second kappa shape index (κ2) is 9.91. The molecule has 1 aromatic heterocycles. The van der Waals surface area contributed by atoms with E-state index in [2.05, 4.69) is 28.7 Å². The highest BCUT2D eigenvalue weighted by molar-refractivity contribution is 5.54. The molecule has 0 fully saturated rings. The minimum absolute atomic E-state index is 0.629. The number of hydrogen-bond acceptors (Lipinski definition) is 5. The van der Waals surface area contributed by atoms with E-state index in [4.69, 9.17) is 18.9 Å². The first-order valence-corrected chi connectivity index (χ1v) is 9.11. The van der Waals surface area contributed by atoms with Gasteiger partial charge in [-0.05, 0) is 54.5 Å². The number of nitrogens with zero attached hydrogens (tertiary/aromatic N) is 1. The van der Waals surface area contributed by atoms with Gasteiger partial charge in [-0.15, -0.1) is 0 Å². The molecule has 0 atom stereocenters. The number of rotatable bonds is 4. The van der Waals surface area contributed by atoms with Crippen molar-refractivity contribution in [3.63, 3.8) is 0 Å². The van der Waals surface area contributed by atoms with Gasteiger partial charge in [-0.2, -0.15) is 0 Å². The van der Waals surface area contributed by atoms with Crippen molar-refractivity contribution in [1.29, 1.82) is 0 Å². The predicted molar refractivity (Wildman–Crippen MR) is 115 cm³/mol. The van der Waals surface area contributed by atoms with Crippen molar-refractivity contribution < 1.29 is 18.9 Å². The first-order valence-electron chi connectivity index (χ1n) is 9.11. The topological polar surface area (TPSA) is 49.8 Å². The van der Waals surface area contributed by atoms with Crippen molar-refractivity contribution in [3.8, 4) is 46.7 Å². The van der Waals surface area contributed by atoms with E-state index in [1.54, 1.807) is 34.6 Å². The summed E-state index contributed by atoms with van der Waals surface area (Å²) >= 11 is 0. The number of aromatic nitrogens is 1. The quantitative estimate of drug-likeness (QED) is 0.623. The lowest BCUT2D eigenvalue weighted by molar-refractivity contribution is 0.402. The number of pyridine rings is 1. The smallest absolute Gasteiger partial charge is 0.134 e. The molecule has 0 aliphatic heterocycles. The maximum atomic E-state index is 5.35. The molecule has 5 nitrogen and oxygen atoms in total. The Labute approximate surface area is 176 Å². The molecule has 5 heteroatoms. The number of methoxy groups -OCH3 is 4. The molecular weight excluding hydrogens is 378 g/mol. The molecule has 2 aromatic carbocycles. The van der Waals surface area contributed by atoms with Crippen LogP contribution in [0.15, 0.2) is 54.7 Å². The molecule has 0 radical (unpaired) electrons. The van der Waals surface area contributed by atoms with Crippen LogP contribution < -0.4 is 18.9 Å². The molecule has 0 N–H and O–H groups in total. The molecular formula is C25H21NO4. The van der Waals surface area contributed by atoms with Gasteiger partial charge < -0.3 is 18.9 Å². The molecule has 0 aliphatic carbocycles. The van der Waals surface area contributed by atoms with E-state index >= 15 is 0 Å². The van der Waals surface area contributed by atoms with E-state index in [9.17, 15) is 0 Å². The summed E-state index contributed by atoms with van der Waals surface area (Å²) in [5, 5.41) is 0. The monoisotopic (exact) mass is 399 g/mol. The number of hydrogen-bond donors (Lipinski definition) is 0. The van der Waals surface area contributed by atoms with Crippen LogP contribution in [-0.2, 0) is 0 Å². The zero-order valence-corrected chi connectivity index (χ0v) is 17.3. The molecule has 0 bridgehead atoms. The van der Waals surface area contributed by atoms with Crippen molar-refractivity contribution in [2.24, 2.45) is 0 Å². The lowest BCUT2D eigenvalue weighted by Crippen LogP contribution is -1.91. The second-order valence-corrected chi connectivity index (χ2v) is 6.06. The van der Waals surface area contributed by atoms with E-state index in [-0.39, 0.29) is 0 Å². The Bertz CT molecular complexity index is 1050. The summed E-state index contributed by atoms with van der Waals surface area (Å²) in [6.45, 7) is 0. The minimum atomic E-state index is 0.629. The first kappa shape index (κ1) is 20.6. The van der Waals surface area contributed by atoms with Crippen molar-refractivity contribution >= 4 is 0 Å². The minimum Gasteiger partial charge on any atom is -0.497 e. The molecule has 0 saturated carbocycles. The standard InChI is InChI=1S/C25H21NO4/c1-27-22-11-13-24(29-3)19(15-22)7-5-18-6-9-21(26-17-18)10-8-20-16-23(28-2)12-14-25(20)30-4/h6,9,11-17H,1-4H3. The maximum Gasteiger partial charge on any atom is 0.134 e. The van der Waals surface area contributed by atoms with Crippen molar-refractivity contribution in [2.45, 2.75) is 0 Å².